The summed E-state index contributed by atoms with van der Waals surface area (Å²) in [6.07, 6.45) is 12.8. The Kier molecular flexibility index (Phi) is 8.50. The molecule has 0 N–H and O–H groups in total. The van der Waals surface area contributed by atoms with E-state index in [-0.39, 0.29) is 38.0 Å². The summed E-state index contributed by atoms with van der Waals surface area (Å²) in [6, 6.07) is 0. The predicted octanol–water partition coefficient (Wildman–Crippen LogP) is 4.18. The molecule has 0 fully saturated rings. The fraction of sp³-hybridized carbons (Fsp3) is 0.500. The van der Waals surface area contributed by atoms with Gasteiger partial charge < -0.3 is 9.47 Å². The number of terminal acetylenes is 2. The summed E-state index contributed by atoms with van der Waals surface area (Å²) in [5.74, 6) is 4.21. The number of hydrogen-bond acceptors (Lipinski definition) is 5. The molecule has 0 amide bonds. The zero-order valence-electron chi connectivity index (χ0n) is 17.0. The molecule has 5 nitrogen and oxygen atoms in total. The largest absolute Gasteiger partial charge is 0.460 e. The van der Waals surface area contributed by atoms with Gasteiger partial charge in [0.2, 0.25) is 0 Å². The molecule has 28 heavy (non-hydrogen) atoms. The van der Waals surface area contributed by atoms with Crippen molar-refractivity contribution in [1.29, 1.82) is 0 Å². The third-order valence-corrected chi connectivity index (χ3v) is 5.72. The standard InChI is InChI=1S/C22H26INO4/c1-8-10-21(4,5)19(25)27-13-16-12-24-15(3)18(23)17(16)14-28-20(26)22(6,7)11-9-2/h1-2,12H,10-11,13-14H2,3-7H3. The monoisotopic (exact) mass is 495 g/mol. The number of aryl methyl sites for hydroxylation is 1. The highest BCUT2D eigenvalue weighted by atomic mass is 127. The number of carbonyl (C=O) groups is 2. The summed E-state index contributed by atoms with van der Waals surface area (Å²) < 4.78 is 11.8. The SMILES string of the molecule is C#CCC(C)(C)C(=O)OCc1cnc(C)c(I)c1COC(=O)C(C)(C)CC#C. The van der Waals surface area contributed by atoms with Crippen molar-refractivity contribution in [3.8, 4) is 24.7 Å². The summed E-state index contributed by atoms with van der Waals surface area (Å²) in [6.45, 7) is 8.90. The van der Waals surface area contributed by atoms with Crippen LogP contribution in [-0.2, 0) is 32.3 Å². The third kappa shape index (κ3) is 6.24. The lowest BCUT2D eigenvalue weighted by Gasteiger charge is -2.22. The highest BCUT2D eigenvalue weighted by molar-refractivity contribution is 14.1. The van der Waals surface area contributed by atoms with Crippen LogP contribution in [0.2, 0.25) is 0 Å². The quantitative estimate of drug-likeness (QED) is 0.308. The Balaban J connectivity index is 2.97. The zero-order valence-corrected chi connectivity index (χ0v) is 19.2. The van der Waals surface area contributed by atoms with Crippen LogP contribution in [0, 0.1) is 46.0 Å². The third-order valence-electron chi connectivity index (χ3n) is 4.28. The van der Waals surface area contributed by atoms with Crippen LogP contribution in [0.5, 0.6) is 0 Å². The summed E-state index contributed by atoms with van der Waals surface area (Å²) >= 11 is 2.15. The van der Waals surface area contributed by atoms with Crippen molar-refractivity contribution in [3.63, 3.8) is 0 Å². The maximum Gasteiger partial charge on any atom is 0.312 e. The number of carbonyl (C=O) groups excluding carboxylic acids is 2. The number of rotatable bonds is 8. The number of aromatic nitrogens is 1. The second kappa shape index (κ2) is 9.93. The summed E-state index contributed by atoms with van der Waals surface area (Å²) in [7, 11) is 0. The molecule has 0 aliphatic rings. The number of esters is 2. The van der Waals surface area contributed by atoms with Crippen LogP contribution in [0.25, 0.3) is 0 Å². The van der Waals surface area contributed by atoms with Gasteiger partial charge in [0.1, 0.15) is 13.2 Å². The fourth-order valence-corrected chi connectivity index (χ4v) is 2.92. The van der Waals surface area contributed by atoms with Gasteiger partial charge in [0, 0.05) is 33.7 Å². The summed E-state index contributed by atoms with van der Waals surface area (Å²) in [4.78, 5) is 29.0. The molecule has 150 valence electrons. The van der Waals surface area contributed by atoms with Gasteiger partial charge in [-0.1, -0.05) is 0 Å². The minimum absolute atomic E-state index is 0.0246. The molecule has 0 unspecified atom stereocenters. The number of hydrogen-bond donors (Lipinski definition) is 0. The lowest BCUT2D eigenvalue weighted by atomic mass is 9.90. The maximum absolute atomic E-state index is 12.4. The topological polar surface area (TPSA) is 65.5 Å². The van der Waals surface area contributed by atoms with E-state index in [1.165, 1.54) is 0 Å². The first-order chi connectivity index (χ1) is 13.0. The van der Waals surface area contributed by atoms with Gasteiger partial charge in [-0.25, -0.2) is 0 Å². The van der Waals surface area contributed by atoms with E-state index in [4.69, 9.17) is 22.3 Å². The van der Waals surface area contributed by atoms with Gasteiger partial charge >= 0.3 is 11.9 Å². The first-order valence-corrected chi connectivity index (χ1v) is 9.88. The van der Waals surface area contributed by atoms with E-state index >= 15 is 0 Å². The van der Waals surface area contributed by atoms with Gasteiger partial charge in [-0.3, -0.25) is 14.6 Å². The van der Waals surface area contributed by atoms with Gasteiger partial charge in [0.05, 0.1) is 16.5 Å². The zero-order chi connectivity index (χ0) is 21.5. The smallest absolute Gasteiger partial charge is 0.312 e. The number of nitrogens with zero attached hydrogens (tertiary/aromatic N) is 1. The van der Waals surface area contributed by atoms with Crippen LogP contribution in [0.4, 0.5) is 0 Å². The van der Waals surface area contributed by atoms with Gasteiger partial charge in [0.25, 0.3) is 0 Å². The Labute approximate surface area is 181 Å². The Morgan fingerprint density at radius 2 is 1.50 bits per heavy atom. The highest BCUT2D eigenvalue weighted by Crippen LogP contribution is 2.27. The van der Waals surface area contributed by atoms with Crippen molar-refractivity contribution in [2.75, 3.05) is 0 Å². The molecule has 1 aromatic heterocycles. The number of halogens is 1. The predicted molar refractivity (Wildman–Crippen MR) is 116 cm³/mol. The first kappa shape index (κ1) is 24.0. The molecule has 6 heteroatoms. The Hall–Kier alpha value is -2.06. The molecular weight excluding hydrogens is 469 g/mol. The molecule has 0 radical (unpaired) electrons. The maximum atomic E-state index is 12.4. The minimum atomic E-state index is -0.772. The average Bonchev–Trinajstić information content (AvgIpc) is 2.61. The van der Waals surface area contributed by atoms with Gasteiger partial charge in [-0.05, 0) is 57.2 Å². The van der Waals surface area contributed by atoms with Crippen molar-refractivity contribution in [1.82, 2.24) is 4.98 Å². The summed E-state index contributed by atoms with van der Waals surface area (Å²) in [5.41, 5.74) is 0.709. The molecule has 0 saturated heterocycles. The van der Waals surface area contributed by atoms with Crippen molar-refractivity contribution in [3.05, 3.63) is 26.6 Å². The summed E-state index contributed by atoms with van der Waals surface area (Å²) in [5, 5.41) is 0. The molecule has 1 rings (SSSR count). The Morgan fingerprint density at radius 3 is 1.96 bits per heavy atom. The highest BCUT2D eigenvalue weighted by Gasteiger charge is 2.30. The Bertz CT molecular complexity index is 828. The van der Waals surface area contributed by atoms with Crippen LogP contribution < -0.4 is 0 Å². The molecule has 0 saturated carbocycles. The molecule has 0 atom stereocenters. The fourth-order valence-electron chi connectivity index (χ4n) is 2.28. The van der Waals surface area contributed by atoms with Crippen LogP contribution >= 0.6 is 22.6 Å². The van der Waals surface area contributed by atoms with Crippen LogP contribution in [0.15, 0.2) is 6.20 Å². The van der Waals surface area contributed by atoms with E-state index in [1.54, 1.807) is 33.9 Å². The van der Waals surface area contributed by atoms with E-state index in [9.17, 15) is 9.59 Å². The lowest BCUT2D eigenvalue weighted by Crippen LogP contribution is -2.27. The van der Waals surface area contributed by atoms with Gasteiger partial charge in [-0.2, -0.15) is 0 Å². The van der Waals surface area contributed by atoms with E-state index in [0.29, 0.717) is 5.56 Å². The van der Waals surface area contributed by atoms with Crippen LogP contribution in [-0.4, -0.2) is 16.9 Å². The molecule has 0 aromatic carbocycles. The average molecular weight is 495 g/mol. The first-order valence-electron chi connectivity index (χ1n) is 8.80. The Morgan fingerprint density at radius 1 is 1.04 bits per heavy atom. The van der Waals surface area contributed by atoms with Crippen LogP contribution in [0.3, 0.4) is 0 Å². The van der Waals surface area contributed by atoms with E-state index in [1.807, 2.05) is 6.92 Å². The van der Waals surface area contributed by atoms with Gasteiger partial charge in [0.15, 0.2) is 0 Å². The van der Waals surface area contributed by atoms with Gasteiger partial charge in [-0.15, -0.1) is 24.7 Å². The number of pyridine rings is 1. The normalized spacial score (nSPS) is 11.3. The van der Waals surface area contributed by atoms with E-state index < -0.39 is 10.8 Å². The lowest BCUT2D eigenvalue weighted by molar-refractivity contribution is -0.156. The molecule has 1 heterocycles. The van der Waals surface area contributed by atoms with Crippen LogP contribution in [0.1, 0.15) is 57.4 Å². The molecule has 0 bridgehead atoms. The minimum Gasteiger partial charge on any atom is -0.460 e. The van der Waals surface area contributed by atoms with Crippen molar-refractivity contribution in [2.45, 2.75) is 60.7 Å². The second-order valence-corrected chi connectivity index (χ2v) is 8.92. The molecule has 0 aliphatic carbocycles. The van der Waals surface area contributed by atoms with Crippen molar-refractivity contribution >= 4 is 34.5 Å². The van der Waals surface area contributed by atoms with E-state index in [2.05, 4.69) is 39.4 Å². The van der Waals surface area contributed by atoms with E-state index in [0.717, 1.165) is 14.8 Å². The van der Waals surface area contributed by atoms with Crippen molar-refractivity contribution in [2.24, 2.45) is 10.8 Å². The molecule has 1 aromatic rings. The second-order valence-electron chi connectivity index (χ2n) is 7.84. The number of ether oxygens (including phenoxy) is 2. The molecule has 0 aliphatic heterocycles. The van der Waals surface area contributed by atoms with Crippen molar-refractivity contribution < 1.29 is 19.1 Å². The molecule has 0 spiro atoms. The molecular formula is C22H26INO4.